The van der Waals surface area contributed by atoms with Gasteiger partial charge in [-0.25, -0.2) is 0 Å². The van der Waals surface area contributed by atoms with Crippen LogP contribution in [0.3, 0.4) is 0 Å². The van der Waals surface area contributed by atoms with Gasteiger partial charge in [-0.05, 0) is 0 Å². The van der Waals surface area contributed by atoms with Gasteiger partial charge in [0.1, 0.15) is 0 Å². The summed E-state index contributed by atoms with van der Waals surface area (Å²) in [5, 5.41) is 0. The summed E-state index contributed by atoms with van der Waals surface area (Å²) in [5.74, 6) is 0. The SMILES string of the molecule is CCCC1=[C]([Hf])CC(C)=C1.Cl.Cl. The molecule has 0 atom stereocenters. The number of allylic oxidation sites excluding steroid dienone is 4. The standard InChI is InChI=1S/C9H13.2ClH.Hf/c1-3-4-9-6-5-8(2)7-9;;;/h7H,3-5H2,1-2H3;2*1H;. The van der Waals surface area contributed by atoms with Gasteiger partial charge in [-0.3, -0.25) is 0 Å². The van der Waals surface area contributed by atoms with E-state index in [1.807, 2.05) is 0 Å². The van der Waals surface area contributed by atoms with E-state index in [4.69, 9.17) is 0 Å². The second kappa shape index (κ2) is 7.34. The third kappa shape index (κ3) is 4.25. The fourth-order valence-corrected chi connectivity index (χ4v) is 3.03. The Bertz CT molecular complexity index is 195. The van der Waals surface area contributed by atoms with Crippen molar-refractivity contribution in [2.75, 3.05) is 0 Å². The van der Waals surface area contributed by atoms with Gasteiger partial charge in [-0.1, -0.05) is 0 Å². The summed E-state index contributed by atoms with van der Waals surface area (Å²) in [4.78, 5) is 0. The van der Waals surface area contributed by atoms with Gasteiger partial charge in [0, 0.05) is 0 Å². The molecular formula is C9H15Cl2Hf. The fourth-order valence-electron chi connectivity index (χ4n) is 1.32. The van der Waals surface area contributed by atoms with Crippen LogP contribution in [0.1, 0.15) is 33.1 Å². The molecule has 0 aromatic carbocycles. The Hall–Kier alpha value is 0.930. The van der Waals surface area contributed by atoms with E-state index >= 15 is 0 Å². The summed E-state index contributed by atoms with van der Waals surface area (Å²) in [7, 11) is 0. The van der Waals surface area contributed by atoms with Crippen LogP contribution in [0.2, 0.25) is 0 Å². The third-order valence-corrected chi connectivity index (χ3v) is 3.57. The Morgan fingerprint density at radius 2 is 2.00 bits per heavy atom. The van der Waals surface area contributed by atoms with Crippen LogP contribution in [-0.4, -0.2) is 0 Å². The molecule has 0 fully saturated rings. The molecule has 1 aliphatic carbocycles. The number of halogens is 2. The van der Waals surface area contributed by atoms with Crippen molar-refractivity contribution in [3.8, 4) is 0 Å². The van der Waals surface area contributed by atoms with E-state index in [1.54, 1.807) is 14.5 Å². The van der Waals surface area contributed by atoms with Crippen molar-refractivity contribution >= 4 is 24.8 Å². The molecule has 0 heterocycles. The summed E-state index contributed by atoms with van der Waals surface area (Å²) in [5.41, 5.74) is 3.21. The zero-order chi connectivity index (χ0) is 7.56. The molecule has 0 unspecified atom stereocenters. The van der Waals surface area contributed by atoms with E-state index in [9.17, 15) is 0 Å². The first-order valence-electron chi connectivity index (χ1n) is 3.85. The second-order valence-corrected chi connectivity index (χ2v) is 5.09. The number of rotatable bonds is 2. The van der Waals surface area contributed by atoms with Crippen LogP contribution in [0.4, 0.5) is 0 Å². The van der Waals surface area contributed by atoms with Crippen molar-refractivity contribution in [2.24, 2.45) is 0 Å². The summed E-state index contributed by atoms with van der Waals surface area (Å²) < 4.78 is 1.72. The van der Waals surface area contributed by atoms with Crippen LogP contribution >= 0.6 is 24.8 Å². The summed E-state index contributed by atoms with van der Waals surface area (Å²) in [6.07, 6.45) is 6.26. The monoisotopic (exact) mass is 373 g/mol. The van der Waals surface area contributed by atoms with Gasteiger partial charge in [0.15, 0.2) is 0 Å². The maximum Gasteiger partial charge on any atom is -0.147 e. The average molecular weight is 373 g/mol. The van der Waals surface area contributed by atoms with Crippen LogP contribution in [-0.2, 0) is 24.4 Å². The van der Waals surface area contributed by atoms with Gasteiger partial charge in [0.05, 0.1) is 0 Å². The molecule has 0 amide bonds. The fraction of sp³-hybridized carbons (Fsp3) is 0.556. The molecule has 0 aromatic rings. The molecule has 1 rings (SSSR count). The average Bonchev–Trinajstić information content (AvgIpc) is 2.13. The Morgan fingerprint density at radius 1 is 1.42 bits per heavy atom. The Kier molecular flexibility index (Phi) is 9.43. The van der Waals surface area contributed by atoms with Gasteiger partial charge >= 0.3 is 78.0 Å². The van der Waals surface area contributed by atoms with E-state index in [0.717, 1.165) is 0 Å². The van der Waals surface area contributed by atoms with Crippen LogP contribution in [0, 0.1) is 0 Å². The van der Waals surface area contributed by atoms with Crippen molar-refractivity contribution in [3.63, 3.8) is 0 Å². The number of hydrogen-bond donors (Lipinski definition) is 0. The van der Waals surface area contributed by atoms with Crippen LogP contribution in [0.15, 0.2) is 20.6 Å². The zero-order valence-corrected chi connectivity index (χ0v) is 12.7. The van der Waals surface area contributed by atoms with E-state index in [1.165, 1.54) is 43.6 Å². The van der Waals surface area contributed by atoms with E-state index in [2.05, 4.69) is 19.9 Å². The maximum absolute atomic E-state index is 2.38. The molecule has 0 N–H and O–H groups in total. The molecule has 0 spiro atoms. The molecule has 0 nitrogen and oxygen atoms in total. The molecule has 0 radical (unpaired) electrons. The third-order valence-electron chi connectivity index (χ3n) is 1.78. The molecule has 0 bridgehead atoms. The quantitative estimate of drug-likeness (QED) is 0.647. The molecule has 0 saturated carbocycles. The first-order chi connectivity index (χ1) is 4.74. The smallest absolute Gasteiger partial charge is 0.147 e. The van der Waals surface area contributed by atoms with Crippen molar-refractivity contribution in [3.05, 3.63) is 20.6 Å². The van der Waals surface area contributed by atoms with Crippen LogP contribution in [0.25, 0.3) is 0 Å². The van der Waals surface area contributed by atoms with Gasteiger partial charge in [0.25, 0.3) is 0 Å². The molecule has 0 aliphatic heterocycles. The van der Waals surface area contributed by atoms with E-state index in [0.29, 0.717) is 0 Å². The minimum Gasteiger partial charge on any atom is -0.147 e. The molecule has 69 valence electrons. The molecule has 3 heteroatoms. The van der Waals surface area contributed by atoms with Gasteiger partial charge in [0.2, 0.25) is 0 Å². The molecule has 0 aromatic heterocycles. The normalized spacial score (nSPS) is 14.9. The number of hydrogen-bond acceptors (Lipinski definition) is 0. The maximum atomic E-state index is 2.38. The van der Waals surface area contributed by atoms with Crippen molar-refractivity contribution in [1.29, 1.82) is 0 Å². The largest absolute Gasteiger partial charge is 0.147 e. The van der Waals surface area contributed by atoms with Crippen molar-refractivity contribution < 1.29 is 24.4 Å². The van der Waals surface area contributed by atoms with Gasteiger partial charge < -0.3 is 0 Å². The Morgan fingerprint density at radius 3 is 2.33 bits per heavy atom. The van der Waals surface area contributed by atoms with E-state index < -0.39 is 0 Å². The predicted octanol–water partition coefficient (Wildman–Crippen LogP) is 3.78. The molecule has 1 aliphatic rings. The minimum atomic E-state index is 0. The second-order valence-electron chi connectivity index (χ2n) is 2.92. The summed E-state index contributed by atoms with van der Waals surface area (Å²) in [6.45, 7) is 4.49. The topological polar surface area (TPSA) is 0 Å². The molecular weight excluding hydrogens is 357 g/mol. The predicted molar refractivity (Wildman–Crippen MR) is 54.8 cm³/mol. The molecule has 12 heavy (non-hydrogen) atoms. The first-order valence-corrected chi connectivity index (χ1v) is 5.64. The van der Waals surface area contributed by atoms with Crippen LogP contribution in [0.5, 0.6) is 0 Å². The summed E-state index contributed by atoms with van der Waals surface area (Å²) in [6, 6.07) is 0. The molecule has 0 saturated heterocycles. The Labute approximate surface area is 102 Å². The summed E-state index contributed by atoms with van der Waals surface area (Å²) >= 11 is 1.27. The van der Waals surface area contributed by atoms with Crippen molar-refractivity contribution in [1.82, 2.24) is 0 Å². The van der Waals surface area contributed by atoms with Crippen molar-refractivity contribution in [2.45, 2.75) is 33.1 Å². The van der Waals surface area contributed by atoms with Crippen LogP contribution < -0.4 is 0 Å². The minimum absolute atomic E-state index is 0. The van der Waals surface area contributed by atoms with E-state index in [-0.39, 0.29) is 24.8 Å². The van der Waals surface area contributed by atoms with Gasteiger partial charge in [-0.15, -0.1) is 24.8 Å². The zero-order valence-electron chi connectivity index (χ0n) is 7.52. The first kappa shape index (κ1) is 15.4. The van der Waals surface area contributed by atoms with Gasteiger partial charge in [-0.2, -0.15) is 0 Å². The Balaban J connectivity index is 0.